The molecule has 1 aromatic heterocycles. The average molecular weight is 275 g/mol. The highest BCUT2D eigenvalue weighted by molar-refractivity contribution is 5.48. The molecular weight excluding hydrogens is 261 g/mol. The highest BCUT2D eigenvalue weighted by Gasteiger charge is 2.13. The molecule has 1 heterocycles. The van der Waals surface area contributed by atoms with Gasteiger partial charge in [-0.05, 0) is 37.6 Å². The van der Waals surface area contributed by atoms with Crippen LogP contribution in [0.5, 0.6) is 0 Å². The predicted molar refractivity (Wildman–Crippen MR) is 74.1 cm³/mol. The van der Waals surface area contributed by atoms with Gasteiger partial charge < -0.3 is 5.32 Å². The molecule has 0 amide bonds. The van der Waals surface area contributed by atoms with Crippen molar-refractivity contribution in [3.05, 3.63) is 63.6 Å². The third-order valence-corrected chi connectivity index (χ3v) is 3.01. The van der Waals surface area contributed by atoms with E-state index in [1.807, 2.05) is 6.92 Å². The molecule has 1 atom stereocenters. The molecule has 0 aliphatic heterocycles. The predicted octanol–water partition coefficient (Wildman–Crippen LogP) is 3.61. The molecule has 6 heteroatoms. The van der Waals surface area contributed by atoms with Gasteiger partial charge in [-0.3, -0.25) is 10.1 Å². The standard InChI is InChI=1S/C14H14FN3O2/c1-9-7-14(16-8-13(9)18(19)20)17-10(2)11-3-5-12(15)6-4-11/h3-8,10H,1-2H3,(H,16,17). The van der Waals surface area contributed by atoms with E-state index in [4.69, 9.17) is 0 Å². The third kappa shape index (κ3) is 3.09. The second-order valence-electron chi connectivity index (χ2n) is 4.53. The molecule has 0 saturated carbocycles. The Hall–Kier alpha value is -2.50. The topological polar surface area (TPSA) is 68.1 Å². The monoisotopic (exact) mass is 275 g/mol. The van der Waals surface area contributed by atoms with Gasteiger partial charge in [-0.1, -0.05) is 12.1 Å². The van der Waals surface area contributed by atoms with Gasteiger partial charge >= 0.3 is 0 Å². The number of anilines is 1. The number of hydrogen-bond donors (Lipinski definition) is 1. The summed E-state index contributed by atoms with van der Waals surface area (Å²) in [5.74, 6) is 0.259. The van der Waals surface area contributed by atoms with Crippen LogP contribution in [0.1, 0.15) is 24.1 Å². The fraction of sp³-hybridized carbons (Fsp3) is 0.214. The number of pyridine rings is 1. The van der Waals surface area contributed by atoms with Crippen molar-refractivity contribution in [2.75, 3.05) is 5.32 Å². The van der Waals surface area contributed by atoms with Gasteiger partial charge in [0.25, 0.3) is 5.69 Å². The van der Waals surface area contributed by atoms with Crippen LogP contribution in [0, 0.1) is 22.9 Å². The van der Waals surface area contributed by atoms with Crippen LogP contribution in [0.25, 0.3) is 0 Å². The molecule has 5 nitrogen and oxygen atoms in total. The number of halogens is 1. The molecule has 0 aliphatic carbocycles. The normalized spacial score (nSPS) is 11.9. The minimum absolute atomic E-state index is 0.00927. The van der Waals surface area contributed by atoms with E-state index in [0.717, 1.165) is 5.56 Å². The molecule has 0 fully saturated rings. The number of hydrogen-bond acceptors (Lipinski definition) is 4. The second kappa shape index (κ2) is 5.64. The summed E-state index contributed by atoms with van der Waals surface area (Å²) in [5.41, 5.74) is 1.44. The van der Waals surface area contributed by atoms with Crippen molar-refractivity contribution in [1.29, 1.82) is 0 Å². The fourth-order valence-electron chi connectivity index (χ4n) is 1.88. The second-order valence-corrected chi connectivity index (χ2v) is 4.53. The lowest BCUT2D eigenvalue weighted by Gasteiger charge is -2.15. The molecule has 0 aliphatic rings. The number of aryl methyl sites for hydroxylation is 1. The average Bonchev–Trinajstić information content (AvgIpc) is 2.39. The van der Waals surface area contributed by atoms with Crippen molar-refractivity contribution < 1.29 is 9.31 Å². The summed E-state index contributed by atoms with van der Waals surface area (Å²) < 4.78 is 12.9. The van der Waals surface area contributed by atoms with E-state index in [1.54, 1.807) is 25.1 Å². The number of aromatic nitrogens is 1. The molecule has 0 bridgehead atoms. The summed E-state index contributed by atoms with van der Waals surface area (Å²) in [6.45, 7) is 3.57. The van der Waals surface area contributed by atoms with E-state index in [9.17, 15) is 14.5 Å². The number of nitrogens with one attached hydrogen (secondary N) is 1. The van der Waals surface area contributed by atoms with Gasteiger partial charge in [0, 0.05) is 11.6 Å². The Morgan fingerprint density at radius 2 is 2.00 bits per heavy atom. The highest BCUT2D eigenvalue weighted by Crippen LogP contribution is 2.22. The lowest BCUT2D eigenvalue weighted by molar-refractivity contribution is -0.385. The first-order valence-corrected chi connectivity index (χ1v) is 6.10. The maximum Gasteiger partial charge on any atom is 0.290 e. The molecule has 0 saturated heterocycles. The van der Waals surface area contributed by atoms with Crippen molar-refractivity contribution in [3.8, 4) is 0 Å². The lowest BCUT2D eigenvalue weighted by Crippen LogP contribution is -2.08. The van der Waals surface area contributed by atoms with Crippen LogP contribution in [-0.2, 0) is 0 Å². The molecule has 2 aromatic rings. The van der Waals surface area contributed by atoms with Gasteiger partial charge in [-0.2, -0.15) is 0 Å². The van der Waals surface area contributed by atoms with Crippen LogP contribution in [0.3, 0.4) is 0 Å². The van der Waals surface area contributed by atoms with Gasteiger partial charge in [0.05, 0.1) is 4.92 Å². The largest absolute Gasteiger partial charge is 0.364 e. The summed E-state index contributed by atoms with van der Waals surface area (Å²) in [5, 5.41) is 13.8. The van der Waals surface area contributed by atoms with Crippen LogP contribution in [0.4, 0.5) is 15.9 Å². The number of nitro groups is 1. The molecular formula is C14H14FN3O2. The van der Waals surface area contributed by atoms with Crippen molar-refractivity contribution in [2.45, 2.75) is 19.9 Å². The summed E-state index contributed by atoms with van der Waals surface area (Å²) in [4.78, 5) is 14.3. The molecule has 0 radical (unpaired) electrons. The van der Waals surface area contributed by atoms with Crippen LogP contribution in [-0.4, -0.2) is 9.91 Å². The summed E-state index contributed by atoms with van der Waals surface area (Å²) in [6.07, 6.45) is 1.23. The molecule has 2 rings (SSSR count). The quantitative estimate of drug-likeness (QED) is 0.683. The zero-order valence-electron chi connectivity index (χ0n) is 11.1. The first kappa shape index (κ1) is 13.9. The zero-order chi connectivity index (χ0) is 14.7. The first-order chi connectivity index (χ1) is 9.47. The van der Waals surface area contributed by atoms with Crippen LogP contribution < -0.4 is 5.32 Å². The van der Waals surface area contributed by atoms with Gasteiger partial charge in [0.15, 0.2) is 0 Å². The Labute approximate surface area is 115 Å². The minimum Gasteiger partial charge on any atom is -0.364 e. The highest BCUT2D eigenvalue weighted by atomic mass is 19.1. The minimum atomic E-state index is -0.463. The van der Waals surface area contributed by atoms with Gasteiger partial charge in [0.1, 0.15) is 17.8 Å². The van der Waals surface area contributed by atoms with Crippen molar-refractivity contribution >= 4 is 11.5 Å². The fourth-order valence-corrected chi connectivity index (χ4v) is 1.88. The summed E-state index contributed by atoms with van der Waals surface area (Å²) >= 11 is 0. The molecule has 1 unspecified atom stereocenters. The van der Waals surface area contributed by atoms with Gasteiger partial charge in [0.2, 0.25) is 0 Å². The Bertz CT molecular complexity index is 629. The molecule has 1 N–H and O–H groups in total. The van der Waals surface area contributed by atoms with Crippen molar-refractivity contribution in [1.82, 2.24) is 4.98 Å². The van der Waals surface area contributed by atoms with E-state index in [2.05, 4.69) is 10.3 Å². The summed E-state index contributed by atoms with van der Waals surface area (Å²) in [7, 11) is 0. The number of rotatable bonds is 4. The van der Waals surface area contributed by atoms with E-state index in [0.29, 0.717) is 11.4 Å². The molecule has 1 aromatic carbocycles. The van der Waals surface area contributed by atoms with Crippen LogP contribution in [0.15, 0.2) is 36.5 Å². The lowest BCUT2D eigenvalue weighted by atomic mass is 10.1. The number of benzene rings is 1. The molecule has 0 spiro atoms. The van der Waals surface area contributed by atoms with E-state index < -0.39 is 4.92 Å². The smallest absolute Gasteiger partial charge is 0.290 e. The zero-order valence-corrected chi connectivity index (χ0v) is 11.1. The Morgan fingerprint density at radius 1 is 1.35 bits per heavy atom. The first-order valence-electron chi connectivity index (χ1n) is 6.10. The Kier molecular flexibility index (Phi) is 3.93. The summed E-state index contributed by atoms with van der Waals surface area (Å²) in [6, 6.07) is 7.70. The van der Waals surface area contributed by atoms with E-state index in [-0.39, 0.29) is 17.5 Å². The molecule has 20 heavy (non-hydrogen) atoms. The van der Waals surface area contributed by atoms with E-state index >= 15 is 0 Å². The maximum atomic E-state index is 12.9. The third-order valence-electron chi connectivity index (χ3n) is 3.01. The van der Waals surface area contributed by atoms with E-state index in [1.165, 1.54) is 18.3 Å². The van der Waals surface area contributed by atoms with Crippen molar-refractivity contribution in [2.24, 2.45) is 0 Å². The maximum absolute atomic E-state index is 12.9. The van der Waals surface area contributed by atoms with Crippen LogP contribution in [0.2, 0.25) is 0 Å². The van der Waals surface area contributed by atoms with Crippen LogP contribution >= 0.6 is 0 Å². The van der Waals surface area contributed by atoms with Gasteiger partial charge in [-0.25, -0.2) is 9.37 Å². The Balaban J connectivity index is 2.15. The number of nitrogens with zero attached hydrogens (tertiary/aromatic N) is 2. The van der Waals surface area contributed by atoms with Crippen molar-refractivity contribution in [3.63, 3.8) is 0 Å². The van der Waals surface area contributed by atoms with Gasteiger partial charge in [-0.15, -0.1) is 0 Å². The molecule has 104 valence electrons. The Morgan fingerprint density at radius 3 is 2.55 bits per heavy atom. The SMILES string of the molecule is Cc1cc(NC(C)c2ccc(F)cc2)ncc1[N+](=O)[O-].